The molecule has 1 aliphatic rings. The molecule has 2 heterocycles. The zero-order valence-electron chi connectivity index (χ0n) is 11.7. The molecule has 3 rings (SSSR count). The van der Waals surface area contributed by atoms with Crippen LogP contribution in [0.5, 0.6) is 0 Å². The summed E-state index contributed by atoms with van der Waals surface area (Å²) in [5.74, 6) is 0.707. The largest absolute Gasteiger partial charge is 0.423 e. The minimum Gasteiger partial charge on any atom is -0.423 e. The lowest BCUT2D eigenvalue weighted by Crippen LogP contribution is -2.38. The molecule has 4 heteroatoms. The highest BCUT2D eigenvalue weighted by Crippen LogP contribution is 2.23. The molecule has 0 radical (unpaired) electrons. The molecule has 1 aliphatic heterocycles. The molecule has 0 spiro atoms. The second kappa shape index (κ2) is 5.21. The van der Waals surface area contributed by atoms with Crippen molar-refractivity contribution in [1.29, 1.82) is 0 Å². The molecule has 4 nitrogen and oxygen atoms in total. The molecular formula is C15H21N3O. The molecule has 102 valence electrons. The Bertz CT molecular complexity index is 518. The number of fused-ring (bicyclic) bond motifs is 1. The summed E-state index contributed by atoms with van der Waals surface area (Å²) in [7, 11) is 4.27. The highest BCUT2D eigenvalue weighted by molar-refractivity contribution is 5.74. The maximum Gasteiger partial charge on any atom is 0.298 e. The number of hydrogen-bond donors (Lipinski definition) is 0. The quantitative estimate of drug-likeness (QED) is 0.848. The number of likely N-dealkylation sites (tertiary alicyclic amines) is 1. The highest BCUT2D eigenvalue weighted by atomic mass is 16.4. The van der Waals surface area contributed by atoms with Gasteiger partial charge in [-0.25, -0.2) is 0 Å². The molecule has 1 aromatic heterocycles. The number of anilines is 1. The SMILES string of the molecule is CN1CCCC(CN(C)c2nc3ccccc3o2)C1. The van der Waals surface area contributed by atoms with E-state index in [0.717, 1.165) is 23.7 Å². The standard InChI is InChI=1S/C15H21N3O/c1-17-9-5-6-12(10-17)11-18(2)15-16-13-7-3-4-8-14(13)19-15/h3-4,7-8,12H,5-6,9-11H2,1-2H3. The molecule has 1 unspecified atom stereocenters. The van der Waals surface area contributed by atoms with E-state index in [1.54, 1.807) is 0 Å². The summed E-state index contributed by atoms with van der Waals surface area (Å²) in [6.45, 7) is 3.41. The Kier molecular flexibility index (Phi) is 3.42. The topological polar surface area (TPSA) is 32.5 Å². The molecule has 0 bridgehead atoms. The highest BCUT2D eigenvalue weighted by Gasteiger charge is 2.20. The Balaban J connectivity index is 1.70. The number of piperidine rings is 1. The molecule has 0 N–H and O–H groups in total. The average molecular weight is 259 g/mol. The number of hydrogen-bond acceptors (Lipinski definition) is 4. The minimum absolute atomic E-state index is 0.707. The zero-order chi connectivity index (χ0) is 13.2. The van der Waals surface area contributed by atoms with Crippen LogP contribution in [-0.4, -0.2) is 43.6 Å². The van der Waals surface area contributed by atoms with Crippen LogP contribution in [0.1, 0.15) is 12.8 Å². The lowest BCUT2D eigenvalue weighted by molar-refractivity contribution is 0.212. The maximum absolute atomic E-state index is 5.80. The summed E-state index contributed by atoms with van der Waals surface area (Å²) in [5.41, 5.74) is 1.80. The Labute approximate surface area is 114 Å². The molecule has 1 saturated heterocycles. The smallest absolute Gasteiger partial charge is 0.298 e. The van der Waals surface area contributed by atoms with Crippen LogP contribution < -0.4 is 4.90 Å². The van der Waals surface area contributed by atoms with Crippen molar-refractivity contribution in [1.82, 2.24) is 9.88 Å². The van der Waals surface area contributed by atoms with Crippen LogP contribution in [0.4, 0.5) is 6.01 Å². The van der Waals surface area contributed by atoms with Crippen LogP contribution in [0, 0.1) is 5.92 Å². The van der Waals surface area contributed by atoms with Gasteiger partial charge in [0.2, 0.25) is 0 Å². The Morgan fingerprint density at radius 1 is 1.42 bits per heavy atom. The van der Waals surface area contributed by atoms with Gasteiger partial charge in [-0.05, 0) is 44.5 Å². The van der Waals surface area contributed by atoms with Gasteiger partial charge in [-0.1, -0.05) is 12.1 Å². The fourth-order valence-corrected chi connectivity index (χ4v) is 2.91. The first-order valence-corrected chi connectivity index (χ1v) is 6.97. The minimum atomic E-state index is 0.707. The summed E-state index contributed by atoms with van der Waals surface area (Å²) in [5, 5.41) is 0. The fraction of sp³-hybridized carbons (Fsp3) is 0.533. The summed E-state index contributed by atoms with van der Waals surface area (Å²) in [6, 6.07) is 8.66. The predicted molar refractivity (Wildman–Crippen MR) is 77.5 cm³/mol. The zero-order valence-corrected chi connectivity index (χ0v) is 11.7. The first kappa shape index (κ1) is 12.5. The van der Waals surface area contributed by atoms with Crippen LogP contribution in [-0.2, 0) is 0 Å². The number of benzene rings is 1. The third-order valence-electron chi connectivity index (χ3n) is 3.86. The van der Waals surface area contributed by atoms with Crippen LogP contribution in [0.2, 0.25) is 0 Å². The molecule has 1 fully saturated rings. The monoisotopic (exact) mass is 259 g/mol. The van der Waals surface area contributed by atoms with Gasteiger partial charge < -0.3 is 14.2 Å². The van der Waals surface area contributed by atoms with Gasteiger partial charge in [0, 0.05) is 20.1 Å². The normalized spacial score (nSPS) is 20.8. The van der Waals surface area contributed by atoms with E-state index in [1.165, 1.54) is 25.9 Å². The molecule has 19 heavy (non-hydrogen) atoms. The van der Waals surface area contributed by atoms with Crippen LogP contribution >= 0.6 is 0 Å². The number of oxazole rings is 1. The van der Waals surface area contributed by atoms with Gasteiger partial charge in [0.1, 0.15) is 5.52 Å². The van der Waals surface area contributed by atoms with Gasteiger partial charge in [0.15, 0.2) is 5.58 Å². The van der Waals surface area contributed by atoms with Gasteiger partial charge in [0.25, 0.3) is 6.01 Å². The first-order chi connectivity index (χ1) is 9.22. The third-order valence-corrected chi connectivity index (χ3v) is 3.86. The Morgan fingerprint density at radius 3 is 3.05 bits per heavy atom. The summed E-state index contributed by atoms with van der Waals surface area (Å²) < 4.78 is 5.80. The van der Waals surface area contributed by atoms with Crippen molar-refractivity contribution in [3.63, 3.8) is 0 Å². The van der Waals surface area contributed by atoms with E-state index in [4.69, 9.17) is 4.42 Å². The van der Waals surface area contributed by atoms with Gasteiger partial charge in [0.05, 0.1) is 0 Å². The van der Waals surface area contributed by atoms with Crippen molar-refractivity contribution < 1.29 is 4.42 Å². The van der Waals surface area contributed by atoms with E-state index >= 15 is 0 Å². The first-order valence-electron chi connectivity index (χ1n) is 6.97. The number of nitrogens with zero attached hydrogens (tertiary/aromatic N) is 3. The van der Waals surface area contributed by atoms with Crippen molar-refractivity contribution >= 4 is 17.1 Å². The van der Waals surface area contributed by atoms with E-state index < -0.39 is 0 Å². The van der Waals surface area contributed by atoms with Crippen molar-refractivity contribution in [2.45, 2.75) is 12.8 Å². The molecule has 1 atom stereocenters. The summed E-state index contributed by atoms with van der Waals surface area (Å²) >= 11 is 0. The van der Waals surface area contributed by atoms with E-state index in [9.17, 15) is 0 Å². The summed E-state index contributed by atoms with van der Waals surface area (Å²) in [6.07, 6.45) is 2.59. The molecular weight excluding hydrogens is 238 g/mol. The lowest BCUT2D eigenvalue weighted by Gasteiger charge is -2.31. The number of aromatic nitrogens is 1. The van der Waals surface area contributed by atoms with Crippen LogP contribution in [0.3, 0.4) is 0 Å². The predicted octanol–water partition coefficient (Wildman–Crippen LogP) is 2.61. The van der Waals surface area contributed by atoms with Gasteiger partial charge in [-0.3, -0.25) is 0 Å². The third kappa shape index (κ3) is 2.73. The lowest BCUT2D eigenvalue weighted by atomic mass is 9.98. The maximum atomic E-state index is 5.80. The second-order valence-corrected chi connectivity index (χ2v) is 5.62. The Hall–Kier alpha value is -1.55. The van der Waals surface area contributed by atoms with Gasteiger partial charge >= 0.3 is 0 Å². The Morgan fingerprint density at radius 2 is 2.26 bits per heavy atom. The van der Waals surface area contributed by atoms with Crippen molar-refractivity contribution in [2.24, 2.45) is 5.92 Å². The molecule has 0 aliphatic carbocycles. The van der Waals surface area contributed by atoms with E-state index in [-0.39, 0.29) is 0 Å². The van der Waals surface area contributed by atoms with Crippen LogP contribution in [0.15, 0.2) is 28.7 Å². The van der Waals surface area contributed by atoms with Gasteiger partial charge in [-0.2, -0.15) is 4.98 Å². The van der Waals surface area contributed by atoms with E-state index in [1.807, 2.05) is 24.3 Å². The van der Waals surface area contributed by atoms with Crippen LogP contribution in [0.25, 0.3) is 11.1 Å². The van der Waals surface area contributed by atoms with E-state index in [0.29, 0.717) is 5.92 Å². The fourth-order valence-electron chi connectivity index (χ4n) is 2.91. The van der Waals surface area contributed by atoms with Gasteiger partial charge in [-0.15, -0.1) is 0 Å². The molecule has 0 saturated carbocycles. The number of rotatable bonds is 3. The van der Waals surface area contributed by atoms with Crippen molar-refractivity contribution in [3.8, 4) is 0 Å². The summed E-state index contributed by atoms with van der Waals surface area (Å²) in [4.78, 5) is 9.10. The average Bonchev–Trinajstić information content (AvgIpc) is 2.82. The molecule has 2 aromatic rings. The second-order valence-electron chi connectivity index (χ2n) is 5.62. The molecule has 0 amide bonds. The molecule has 1 aromatic carbocycles. The van der Waals surface area contributed by atoms with Crippen molar-refractivity contribution in [3.05, 3.63) is 24.3 Å². The van der Waals surface area contributed by atoms with Crippen molar-refractivity contribution in [2.75, 3.05) is 38.6 Å². The van der Waals surface area contributed by atoms with E-state index in [2.05, 4.69) is 28.9 Å². The number of para-hydroxylation sites is 2.